The molecular formula is C47H93N5O6S. The molecule has 4 N–H and O–H groups in total. The van der Waals surface area contributed by atoms with E-state index in [-0.39, 0.29) is 42.9 Å². The molecule has 1 rings (SSSR count). The highest BCUT2D eigenvalue weighted by Crippen LogP contribution is 2.17. The highest BCUT2D eigenvalue weighted by molar-refractivity contribution is 7.86. The first-order valence-corrected chi connectivity index (χ1v) is 23.0. The molecule has 0 aromatic rings. The van der Waals surface area contributed by atoms with Crippen molar-refractivity contribution in [3.8, 4) is 12.3 Å². The zero-order valence-electron chi connectivity index (χ0n) is 40.6. The van der Waals surface area contributed by atoms with Gasteiger partial charge in [-0.15, -0.1) is 12.3 Å². The zero-order valence-corrected chi connectivity index (χ0v) is 41.4. The van der Waals surface area contributed by atoms with Crippen LogP contribution in [-0.2, 0) is 25.4 Å². The van der Waals surface area contributed by atoms with Gasteiger partial charge < -0.3 is 26.0 Å². The molecule has 348 valence electrons. The standard InChI is InChI=1S/C20H38N4O3S.C11H21NO.C4H6.C3H6O2.C3H4.3C2H6/c1-7-8-10-16(4)18(14-23(6)28(27)15(2)3)22-20(26)21-13-19(25)24-12-9-11-17(24)5;1-3-4-5-6-7-8-11(2)9-12-10-13;1-3-4-2;1-2-3(4)5;1-3-2;3*1-2/h16-18H,2,7-14H2,1,3-6H3,(H2,21,22,26);7-8,10-11H,3-6,9H2,1-2H3,(H,12,13);3-4H,1-2H2;2H2,1H3,(H,4,5);1H,2H3;3*1-2H3/b;8-7-;;;;;;/t16?,17-,18?,28?;;;;;;;/m1......./s1. The van der Waals surface area contributed by atoms with Gasteiger partial charge in [0.1, 0.15) is 11.0 Å². The van der Waals surface area contributed by atoms with Crippen molar-refractivity contribution in [2.75, 3.05) is 33.2 Å². The minimum atomic E-state index is -1.28. The average molecular weight is 856 g/mol. The van der Waals surface area contributed by atoms with Gasteiger partial charge in [-0.05, 0) is 64.7 Å². The van der Waals surface area contributed by atoms with Crippen LogP contribution in [0.1, 0.15) is 161 Å². The fraction of sp³-hybridized carbons (Fsp3) is 0.702. The van der Waals surface area contributed by atoms with Gasteiger partial charge in [0.2, 0.25) is 12.3 Å². The molecule has 0 bridgehead atoms. The number of carboxylic acids is 1. The maximum absolute atomic E-state index is 12.4. The minimum absolute atomic E-state index is 0.000228. The Morgan fingerprint density at radius 1 is 1.02 bits per heavy atom. The number of likely N-dealkylation sites (N-methyl/N-ethyl adjacent to an activating group) is 1. The van der Waals surface area contributed by atoms with Crippen LogP contribution < -0.4 is 16.0 Å². The lowest BCUT2D eigenvalue weighted by atomic mass is 9.96. The molecular weight excluding hydrogens is 763 g/mol. The van der Waals surface area contributed by atoms with E-state index in [1.807, 2.05) is 53.4 Å². The summed E-state index contributed by atoms with van der Waals surface area (Å²) >= 11 is 0. The maximum Gasteiger partial charge on any atom is 0.315 e. The lowest BCUT2D eigenvalue weighted by molar-refractivity contribution is -0.136. The van der Waals surface area contributed by atoms with Crippen molar-refractivity contribution in [1.82, 2.24) is 25.2 Å². The number of allylic oxidation sites excluding steroid dienone is 4. The molecule has 4 amide bonds. The number of likely N-dealkylation sites (tertiary alicyclic amines) is 1. The lowest BCUT2D eigenvalue weighted by Gasteiger charge is -2.29. The van der Waals surface area contributed by atoms with E-state index in [1.165, 1.54) is 25.7 Å². The van der Waals surface area contributed by atoms with Crippen molar-refractivity contribution >= 4 is 35.3 Å². The van der Waals surface area contributed by atoms with Crippen molar-refractivity contribution < 1.29 is 28.5 Å². The number of urea groups is 1. The van der Waals surface area contributed by atoms with Gasteiger partial charge in [-0.2, -0.15) is 0 Å². The topological polar surface area (TPSA) is 148 Å². The molecule has 0 aromatic heterocycles. The Bertz CT molecular complexity index is 1100. The summed E-state index contributed by atoms with van der Waals surface area (Å²) in [6.07, 6.45) is 23.4. The average Bonchev–Trinajstić information content (AvgIpc) is 3.68. The molecule has 4 unspecified atom stereocenters. The number of hydrogen-bond acceptors (Lipinski definition) is 5. The first-order valence-electron chi connectivity index (χ1n) is 21.9. The van der Waals surface area contributed by atoms with E-state index < -0.39 is 17.0 Å². The van der Waals surface area contributed by atoms with E-state index in [0.717, 1.165) is 51.6 Å². The van der Waals surface area contributed by atoms with E-state index in [0.29, 0.717) is 17.4 Å². The van der Waals surface area contributed by atoms with Crippen molar-refractivity contribution in [1.29, 1.82) is 0 Å². The zero-order chi connectivity index (χ0) is 47.6. The van der Waals surface area contributed by atoms with Gasteiger partial charge in [0.15, 0.2) is 0 Å². The van der Waals surface area contributed by atoms with Crippen molar-refractivity contribution in [3.05, 3.63) is 48.9 Å². The van der Waals surface area contributed by atoms with Gasteiger partial charge in [-0.3, -0.25) is 14.4 Å². The van der Waals surface area contributed by atoms with Gasteiger partial charge in [0, 0.05) is 50.1 Å². The molecule has 11 nitrogen and oxygen atoms in total. The minimum Gasteiger partial charge on any atom is -0.481 e. The molecule has 0 aliphatic carbocycles. The van der Waals surface area contributed by atoms with E-state index in [9.17, 15) is 23.4 Å². The Balaban J connectivity index is -0.000000144. The Labute approximate surface area is 367 Å². The van der Waals surface area contributed by atoms with E-state index in [2.05, 4.69) is 87.9 Å². The SMILES string of the molecule is C#CC.C=C(C)S(=O)N(C)CC(NC(=O)NCC(=O)N1CCC[C@H]1C)C(C)CCCC.C=CC=C.CC.CC.CC.CCC(=O)O.CCCCC/C=C\C(C)CNC=O. The van der Waals surface area contributed by atoms with Crippen LogP contribution in [0.2, 0.25) is 0 Å². The third-order valence-corrected chi connectivity index (χ3v) is 9.07. The smallest absolute Gasteiger partial charge is 0.315 e. The Morgan fingerprint density at radius 3 is 1.92 bits per heavy atom. The number of amides is 4. The molecule has 1 saturated heterocycles. The molecule has 0 aromatic carbocycles. The molecule has 0 radical (unpaired) electrons. The van der Waals surface area contributed by atoms with E-state index in [4.69, 9.17) is 5.11 Å². The quantitative estimate of drug-likeness (QED) is 0.0297. The van der Waals surface area contributed by atoms with Crippen molar-refractivity contribution in [3.63, 3.8) is 0 Å². The number of aliphatic carboxylic acids is 1. The summed E-state index contributed by atoms with van der Waals surface area (Å²) in [5.41, 5.74) is 0. The number of terminal acetylenes is 1. The van der Waals surface area contributed by atoms with Gasteiger partial charge >= 0.3 is 12.0 Å². The predicted octanol–water partition coefficient (Wildman–Crippen LogP) is 10.7. The van der Waals surface area contributed by atoms with Gasteiger partial charge in [0.05, 0.1) is 6.54 Å². The van der Waals surface area contributed by atoms with Crippen LogP contribution in [0, 0.1) is 24.2 Å². The first-order chi connectivity index (χ1) is 28.1. The highest BCUT2D eigenvalue weighted by atomic mass is 32.2. The number of carbonyl (C=O) groups excluding carboxylic acids is 3. The number of nitrogens with zero attached hydrogens (tertiary/aromatic N) is 2. The molecule has 0 spiro atoms. The number of rotatable bonds is 21. The fourth-order valence-electron chi connectivity index (χ4n) is 4.63. The largest absolute Gasteiger partial charge is 0.481 e. The van der Waals surface area contributed by atoms with Gasteiger partial charge in [-0.25, -0.2) is 13.3 Å². The summed E-state index contributed by atoms with van der Waals surface area (Å²) in [6, 6.07) is -0.284. The van der Waals surface area contributed by atoms with E-state index in [1.54, 1.807) is 44.3 Å². The summed E-state index contributed by atoms with van der Waals surface area (Å²) in [6.45, 7) is 40.0. The Morgan fingerprint density at radius 2 is 1.53 bits per heavy atom. The number of unbranched alkanes of at least 4 members (excludes halogenated alkanes) is 4. The number of nitrogens with one attached hydrogen (secondary N) is 3. The second-order valence-corrected chi connectivity index (χ2v) is 14.6. The van der Waals surface area contributed by atoms with Crippen LogP contribution in [0.25, 0.3) is 0 Å². The molecule has 59 heavy (non-hydrogen) atoms. The summed E-state index contributed by atoms with van der Waals surface area (Å²) in [7, 11) is 0.481. The maximum atomic E-state index is 12.4. The van der Waals surface area contributed by atoms with Crippen molar-refractivity contribution in [2.24, 2.45) is 11.8 Å². The number of carboxylic acid groups (broad SMARTS) is 1. The molecule has 1 heterocycles. The van der Waals surface area contributed by atoms with Crippen LogP contribution in [0.15, 0.2) is 48.9 Å². The molecule has 0 saturated carbocycles. The normalized spacial score (nSPS) is 13.7. The molecule has 1 fully saturated rings. The van der Waals surface area contributed by atoms with Gasteiger partial charge in [0.25, 0.3) is 0 Å². The van der Waals surface area contributed by atoms with Crippen LogP contribution >= 0.6 is 0 Å². The monoisotopic (exact) mass is 856 g/mol. The van der Waals surface area contributed by atoms with Crippen LogP contribution in [0.5, 0.6) is 0 Å². The second kappa shape index (κ2) is 56.4. The number of hydrogen-bond donors (Lipinski definition) is 4. The van der Waals surface area contributed by atoms with Gasteiger partial charge in [-0.1, -0.05) is 146 Å². The van der Waals surface area contributed by atoms with E-state index >= 15 is 0 Å². The third kappa shape index (κ3) is 52.3. The van der Waals surface area contributed by atoms with Crippen LogP contribution in [0.3, 0.4) is 0 Å². The molecule has 5 atom stereocenters. The van der Waals surface area contributed by atoms with Crippen molar-refractivity contribution in [2.45, 2.75) is 173 Å². The molecule has 1 aliphatic heterocycles. The van der Waals surface area contributed by atoms with Crippen LogP contribution in [-0.4, -0.2) is 88.1 Å². The second-order valence-electron chi connectivity index (χ2n) is 12.8. The first kappa shape index (κ1) is 69.9. The number of carbonyl (C=O) groups is 4. The summed E-state index contributed by atoms with van der Waals surface area (Å²) in [4.78, 5) is 46.5. The summed E-state index contributed by atoms with van der Waals surface area (Å²) in [5.74, 6) is 2.14. The predicted molar refractivity (Wildman–Crippen MR) is 258 cm³/mol. The summed E-state index contributed by atoms with van der Waals surface area (Å²) in [5, 5.41) is 16.1. The highest BCUT2D eigenvalue weighted by Gasteiger charge is 2.26. The van der Waals surface area contributed by atoms with Crippen LogP contribution in [0.4, 0.5) is 4.79 Å². The Kier molecular flexibility index (Phi) is 66.8. The molecule has 1 aliphatic rings. The molecule has 12 heteroatoms. The third-order valence-electron chi connectivity index (χ3n) is 7.76. The lowest BCUT2D eigenvalue weighted by Crippen LogP contribution is -2.52. The fourth-order valence-corrected chi connectivity index (χ4v) is 5.46. The summed E-state index contributed by atoms with van der Waals surface area (Å²) < 4.78 is 14.0. The Hall–Kier alpha value is -3.69.